The third kappa shape index (κ3) is 6.17. The van der Waals surface area contributed by atoms with E-state index < -0.39 is 11.6 Å². The lowest BCUT2D eigenvalue weighted by molar-refractivity contribution is 0.308. The summed E-state index contributed by atoms with van der Waals surface area (Å²) in [5.41, 5.74) is 3.95. The molecule has 1 unspecified atom stereocenters. The molecule has 35 heavy (non-hydrogen) atoms. The van der Waals surface area contributed by atoms with Gasteiger partial charge in [-0.3, -0.25) is 0 Å². The maximum absolute atomic E-state index is 14.8. The highest BCUT2D eigenvalue weighted by Crippen LogP contribution is 2.33. The van der Waals surface area contributed by atoms with Gasteiger partial charge in [0.15, 0.2) is 11.6 Å². The molecule has 0 bridgehead atoms. The first-order chi connectivity index (χ1) is 17.0. The van der Waals surface area contributed by atoms with Crippen molar-refractivity contribution in [3.05, 3.63) is 94.8 Å². The van der Waals surface area contributed by atoms with E-state index in [4.69, 9.17) is 4.74 Å². The fourth-order valence-corrected chi connectivity index (χ4v) is 4.52. The van der Waals surface area contributed by atoms with Crippen LogP contribution in [0.1, 0.15) is 62.6 Å². The summed E-state index contributed by atoms with van der Waals surface area (Å²) in [4.78, 5) is 0. The van der Waals surface area contributed by atoms with Crippen LogP contribution in [0.2, 0.25) is 0 Å². The van der Waals surface area contributed by atoms with Crippen LogP contribution in [0.3, 0.4) is 0 Å². The molecule has 0 fully saturated rings. The van der Waals surface area contributed by atoms with Crippen LogP contribution in [-0.2, 0) is 12.8 Å². The Morgan fingerprint density at radius 1 is 0.886 bits per heavy atom. The molecule has 1 aliphatic rings. The molecule has 1 aliphatic carbocycles. The minimum Gasteiger partial charge on any atom is -0.493 e. The van der Waals surface area contributed by atoms with E-state index in [1.807, 2.05) is 30.3 Å². The van der Waals surface area contributed by atoms with E-state index in [0.29, 0.717) is 47.8 Å². The lowest BCUT2D eigenvalue weighted by atomic mass is 9.87. The van der Waals surface area contributed by atoms with Crippen LogP contribution in [0.25, 0.3) is 16.7 Å². The van der Waals surface area contributed by atoms with Gasteiger partial charge in [-0.15, -0.1) is 0 Å². The van der Waals surface area contributed by atoms with E-state index in [-0.39, 0.29) is 5.82 Å². The highest BCUT2D eigenvalue weighted by atomic mass is 19.2. The molecule has 1 atom stereocenters. The van der Waals surface area contributed by atoms with Crippen molar-refractivity contribution in [3.8, 4) is 16.9 Å². The van der Waals surface area contributed by atoms with Gasteiger partial charge in [0.1, 0.15) is 11.6 Å². The van der Waals surface area contributed by atoms with Crippen LogP contribution in [0.15, 0.2) is 60.7 Å². The smallest absolute Gasteiger partial charge is 0.166 e. The van der Waals surface area contributed by atoms with Gasteiger partial charge in [0.2, 0.25) is 0 Å². The standard InChI is InChI=1S/C31H33F3O/c1-3-4-19-35-26-16-18-27(29(32)20-26)23-12-7-22(8-13-23)9-14-25-15-17-28(31(34)30(25)33)24-10-5-21(2)6-11-24/h7-8,10,12-13,15-18,20-21H,3-6,9,11,14,19H2,1-2H3. The normalized spacial score (nSPS) is 15.7. The molecule has 4 rings (SSSR count). The summed E-state index contributed by atoms with van der Waals surface area (Å²) in [6.07, 6.45) is 7.68. The summed E-state index contributed by atoms with van der Waals surface area (Å²) in [7, 11) is 0. The molecule has 184 valence electrons. The first-order valence-electron chi connectivity index (χ1n) is 12.6. The summed E-state index contributed by atoms with van der Waals surface area (Å²) < 4.78 is 49.8. The number of allylic oxidation sites excluding steroid dienone is 2. The third-order valence-electron chi connectivity index (χ3n) is 6.84. The lowest BCUT2D eigenvalue weighted by Crippen LogP contribution is -2.05. The monoisotopic (exact) mass is 478 g/mol. The largest absolute Gasteiger partial charge is 0.493 e. The summed E-state index contributed by atoms with van der Waals surface area (Å²) in [6.45, 7) is 4.84. The predicted molar refractivity (Wildman–Crippen MR) is 137 cm³/mol. The summed E-state index contributed by atoms with van der Waals surface area (Å²) in [5.74, 6) is -0.686. The molecule has 0 aromatic heterocycles. The van der Waals surface area contributed by atoms with Crippen molar-refractivity contribution in [3.63, 3.8) is 0 Å². The number of rotatable bonds is 9. The van der Waals surface area contributed by atoms with Gasteiger partial charge < -0.3 is 4.74 Å². The third-order valence-corrected chi connectivity index (χ3v) is 6.84. The number of benzene rings is 3. The SMILES string of the molecule is CCCCOc1ccc(-c2ccc(CCc3ccc(C4=CCC(C)CC4)c(F)c3F)cc2)c(F)c1. The molecular weight excluding hydrogens is 445 g/mol. The van der Waals surface area contributed by atoms with Crippen molar-refractivity contribution in [2.24, 2.45) is 5.92 Å². The first kappa shape index (κ1) is 25.1. The van der Waals surface area contributed by atoms with Gasteiger partial charge in [0, 0.05) is 17.2 Å². The quantitative estimate of drug-likeness (QED) is 0.279. The summed E-state index contributed by atoms with van der Waals surface area (Å²) >= 11 is 0. The van der Waals surface area contributed by atoms with E-state index in [1.165, 1.54) is 6.07 Å². The summed E-state index contributed by atoms with van der Waals surface area (Å²) in [5, 5.41) is 0. The van der Waals surface area contributed by atoms with Crippen molar-refractivity contribution < 1.29 is 17.9 Å². The molecule has 0 N–H and O–H groups in total. The van der Waals surface area contributed by atoms with Crippen LogP contribution in [0.5, 0.6) is 5.75 Å². The molecule has 0 radical (unpaired) electrons. The molecular formula is C31H33F3O. The molecule has 0 saturated carbocycles. The molecule has 0 amide bonds. The van der Waals surface area contributed by atoms with E-state index in [0.717, 1.165) is 48.8 Å². The van der Waals surface area contributed by atoms with Crippen LogP contribution in [0, 0.1) is 23.4 Å². The Kier molecular flexibility index (Phi) is 8.33. The van der Waals surface area contributed by atoms with E-state index >= 15 is 0 Å². The minimum atomic E-state index is -0.748. The zero-order chi connectivity index (χ0) is 24.8. The zero-order valence-corrected chi connectivity index (χ0v) is 20.5. The van der Waals surface area contributed by atoms with Gasteiger partial charge in [-0.25, -0.2) is 13.2 Å². The first-order valence-corrected chi connectivity index (χ1v) is 12.6. The number of hydrogen-bond donors (Lipinski definition) is 0. The van der Waals surface area contributed by atoms with Crippen molar-refractivity contribution in [1.29, 1.82) is 0 Å². The zero-order valence-electron chi connectivity index (χ0n) is 20.5. The maximum atomic E-state index is 14.8. The highest BCUT2D eigenvalue weighted by Gasteiger charge is 2.19. The van der Waals surface area contributed by atoms with E-state index in [9.17, 15) is 13.2 Å². The number of unbranched alkanes of at least 4 members (excludes halogenated alkanes) is 1. The van der Waals surface area contributed by atoms with E-state index in [2.05, 4.69) is 13.8 Å². The van der Waals surface area contributed by atoms with Crippen molar-refractivity contribution in [2.45, 2.75) is 58.8 Å². The molecule has 0 heterocycles. The molecule has 3 aromatic rings. The second kappa shape index (κ2) is 11.6. The van der Waals surface area contributed by atoms with Crippen LogP contribution < -0.4 is 4.74 Å². The topological polar surface area (TPSA) is 9.23 Å². The second-order valence-corrected chi connectivity index (χ2v) is 9.55. The fourth-order valence-electron chi connectivity index (χ4n) is 4.52. The van der Waals surface area contributed by atoms with E-state index in [1.54, 1.807) is 24.3 Å². The van der Waals surface area contributed by atoms with Gasteiger partial charge in [-0.1, -0.05) is 62.7 Å². The molecule has 1 nitrogen and oxygen atoms in total. The van der Waals surface area contributed by atoms with Crippen LogP contribution in [-0.4, -0.2) is 6.61 Å². The summed E-state index contributed by atoms with van der Waals surface area (Å²) in [6, 6.07) is 15.9. The highest BCUT2D eigenvalue weighted by molar-refractivity contribution is 5.67. The van der Waals surface area contributed by atoms with Crippen molar-refractivity contribution >= 4 is 5.57 Å². The predicted octanol–water partition coefficient (Wildman–Crippen LogP) is 8.94. The molecule has 3 aromatic carbocycles. The van der Waals surface area contributed by atoms with Gasteiger partial charge >= 0.3 is 0 Å². The average molecular weight is 479 g/mol. The Morgan fingerprint density at radius 3 is 2.34 bits per heavy atom. The Hall–Kier alpha value is -3.01. The Labute approximate surface area is 206 Å². The molecule has 0 aliphatic heterocycles. The van der Waals surface area contributed by atoms with Crippen molar-refractivity contribution in [2.75, 3.05) is 6.61 Å². The lowest BCUT2D eigenvalue weighted by Gasteiger charge is -2.19. The number of aryl methyl sites for hydroxylation is 2. The van der Waals surface area contributed by atoms with Gasteiger partial charge in [0.25, 0.3) is 0 Å². The van der Waals surface area contributed by atoms with Gasteiger partial charge in [0.05, 0.1) is 6.61 Å². The minimum absolute atomic E-state index is 0.327. The fraction of sp³-hybridized carbons (Fsp3) is 0.355. The Balaban J connectivity index is 1.40. The van der Waals surface area contributed by atoms with Crippen molar-refractivity contribution in [1.82, 2.24) is 0 Å². The molecule has 0 saturated heterocycles. The average Bonchev–Trinajstić information content (AvgIpc) is 2.86. The Bertz CT molecular complexity index is 1180. The molecule has 4 heteroatoms. The van der Waals surface area contributed by atoms with Gasteiger partial charge in [-0.05, 0) is 78.8 Å². The van der Waals surface area contributed by atoms with Crippen LogP contribution in [0.4, 0.5) is 13.2 Å². The number of hydrogen-bond acceptors (Lipinski definition) is 1. The maximum Gasteiger partial charge on any atom is 0.166 e. The van der Waals surface area contributed by atoms with Crippen LogP contribution >= 0.6 is 0 Å². The van der Waals surface area contributed by atoms with Gasteiger partial charge in [-0.2, -0.15) is 0 Å². The Morgan fingerprint density at radius 2 is 1.66 bits per heavy atom. The molecule has 0 spiro atoms. The second-order valence-electron chi connectivity index (χ2n) is 9.55. The number of halogens is 3. The number of ether oxygens (including phenoxy) is 1.